The number of anilines is 1. The van der Waals surface area contributed by atoms with Gasteiger partial charge in [-0.3, -0.25) is 4.79 Å². The molecule has 20 heavy (non-hydrogen) atoms. The average molecular weight is 296 g/mol. The molecular formula is C14H18ClN3O2. The number of hydrogen-bond acceptors (Lipinski definition) is 2. The van der Waals surface area contributed by atoms with Crippen LogP contribution in [0.1, 0.15) is 19.3 Å². The SMILES string of the molecule is O=C(NCC(=O)N1CCCCC1)Nc1cccc(Cl)c1. The fourth-order valence-electron chi connectivity index (χ4n) is 2.15. The first-order valence-corrected chi connectivity index (χ1v) is 7.11. The minimum atomic E-state index is -0.405. The number of urea groups is 1. The van der Waals surface area contributed by atoms with Gasteiger partial charge in [0.15, 0.2) is 0 Å². The summed E-state index contributed by atoms with van der Waals surface area (Å²) < 4.78 is 0. The molecule has 2 rings (SSSR count). The summed E-state index contributed by atoms with van der Waals surface area (Å²) in [6, 6.07) is 6.45. The van der Waals surface area contributed by atoms with Crippen molar-refractivity contribution in [3.05, 3.63) is 29.3 Å². The smallest absolute Gasteiger partial charge is 0.319 e. The van der Waals surface area contributed by atoms with Gasteiger partial charge in [0, 0.05) is 23.8 Å². The Bertz CT molecular complexity index is 487. The van der Waals surface area contributed by atoms with E-state index in [9.17, 15) is 9.59 Å². The third-order valence-electron chi connectivity index (χ3n) is 3.19. The zero-order valence-electron chi connectivity index (χ0n) is 11.2. The molecule has 1 fully saturated rings. The zero-order valence-corrected chi connectivity index (χ0v) is 11.9. The molecule has 0 aromatic heterocycles. The molecule has 0 atom stereocenters. The standard InChI is InChI=1S/C14H18ClN3O2/c15-11-5-4-6-12(9-11)17-14(20)16-10-13(19)18-7-2-1-3-8-18/h4-6,9H,1-3,7-8,10H2,(H2,16,17,20). The van der Waals surface area contributed by atoms with Crippen LogP contribution in [0.2, 0.25) is 5.02 Å². The predicted molar refractivity (Wildman–Crippen MR) is 78.9 cm³/mol. The second-order valence-corrected chi connectivity index (χ2v) is 5.20. The number of halogens is 1. The molecule has 1 aliphatic heterocycles. The number of nitrogens with zero attached hydrogens (tertiary/aromatic N) is 1. The molecule has 0 saturated carbocycles. The van der Waals surface area contributed by atoms with Gasteiger partial charge in [-0.2, -0.15) is 0 Å². The number of amides is 3. The lowest BCUT2D eigenvalue weighted by Crippen LogP contribution is -2.43. The zero-order chi connectivity index (χ0) is 14.4. The highest BCUT2D eigenvalue weighted by molar-refractivity contribution is 6.30. The van der Waals surface area contributed by atoms with E-state index < -0.39 is 6.03 Å². The molecule has 2 N–H and O–H groups in total. The molecular weight excluding hydrogens is 278 g/mol. The van der Waals surface area contributed by atoms with Crippen molar-refractivity contribution < 1.29 is 9.59 Å². The molecule has 3 amide bonds. The Hall–Kier alpha value is -1.75. The van der Waals surface area contributed by atoms with Crippen LogP contribution in [0.4, 0.5) is 10.5 Å². The van der Waals surface area contributed by atoms with Gasteiger partial charge in [-0.05, 0) is 37.5 Å². The van der Waals surface area contributed by atoms with E-state index in [1.165, 1.54) is 6.42 Å². The second-order valence-electron chi connectivity index (χ2n) is 4.76. The van der Waals surface area contributed by atoms with E-state index in [-0.39, 0.29) is 12.5 Å². The number of hydrogen-bond donors (Lipinski definition) is 2. The van der Waals surface area contributed by atoms with Gasteiger partial charge in [-0.15, -0.1) is 0 Å². The number of rotatable bonds is 3. The lowest BCUT2D eigenvalue weighted by atomic mass is 10.1. The van der Waals surface area contributed by atoms with E-state index in [0.29, 0.717) is 10.7 Å². The maximum Gasteiger partial charge on any atom is 0.319 e. The Kier molecular flexibility index (Phi) is 5.24. The van der Waals surface area contributed by atoms with Crippen LogP contribution >= 0.6 is 11.6 Å². The van der Waals surface area contributed by atoms with Gasteiger partial charge in [-0.25, -0.2) is 4.79 Å². The minimum absolute atomic E-state index is 0.0202. The van der Waals surface area contributed by atoms with Gasteiger partial charge < -0.3 is 15.5 Å². The molecule has 0 spiro atoms. The van der Waals surface area contributed by atoms with E-state index >= 15 is 0 Å². The molecule has 0 radical (unpaired) electrons. The third kappa shape index (κ3) is 4.42. The van der Waals surface area contributed by atoms with Crippen molar-refractivity contribution in [3.8, 4) is 0 Å². The summed E-state index contributed by atoms with van der Waals surface area (Å²) in [5.74, 6) is -0.0362. The highest BCUT2D eigenvalue weighted by atomic mass is 35.5. The van der Waals surface area contributed by atoms with Gasteiger partial charge in [0.05, 0.1) is 6.54 Å². The van der Waals surface area contributed by atoms with Crippen LogP contribution in [0.3, 0.4) is 0 Å². The molecule has 1 aromatic carbocycles. The molecule has 1 heterocycles. The number of carbonyl (C=O) groups excluding carboxylic acids is 2. The monoisotopic (exact) mass is 295 g/mol. The fourth-order valence-corrected chi connectivity index (χ4v) is 2.34. The van der Waals surface area contributed by atoms with Crippen molar-refractivity contribution in [2.24, 2.45) is 0 Å². The Balaban J connectivity index is 1.75. The number of likely N-dealkylation sites (tertiary alicyclic amines) is 1. The van der Waals surface area contributed by atoms with Gasteiger partial charge in [0.2, 0.25) is 5.91 Å². The average Bonchev–Trinajstić information content (AvgIpc) is 2.46. The summed E-state index contributed by atoms with van der Waals surface area (Å²) >= 11 is 5.82. The molecule has 0 aliphatic carbocycles. The minimum Gasteiger partial charge on any atom is -0.341 e. The lowest BCUT2D eigenvalue weighted by molar-refractivity contribution is -0.130. The van der Waals surface area contributed by atoms with E-state index in [1.54, 1.807) is 29.2 Å². The Labute approximate surface area is 123 Å². The maximum absolute atomic E-state index is 11.9. The molecule has 1 aliphatic rings. The molecule has 1 aromatic rings. The van der Waals surface area contributed by atoms with Crippen molar-refractivity contribution in [1.82, 2.24) is 10.2 Å². The van der Waals surface area contributed by atoms with Gasteiger partial charge in [-0.1, -0.05) is 17.7 Å². The van der Waals surface area contributed by atoms with E-state index in [4.69, 9.17) is 11.6 Å². The molecule has 1 saturated heterocycles. The number of benzene rings is 1. The number of nitrogens with one attached hydrogen (secondary N) is 2. The van der Waals surface area contributed by atoms with Gasteiger partial charge in [0.1, 0.15) is 0 Å². The molecule has 6 heteroatoms. The van der Waals surface area contributed by atoms with Crippen LogP contribution in [0.15, 0.2) is 24.3 Å². The molecule has 108 valence electrons. The normalized spacial score (nSPS) is 14.8. The number of carbonyl (C=O) groups is 2. The van der Waals surface area contributed by atoms with Crippen molar-refractivity contribution in [3.63, 3.8) is 0 Å². The summed E-state index contributed by atoms with van der Waals surface area (Å²) in [4.78, 5) is 25.3. The van der Waals surface area contributed by atoms with Crippen LogP contribution in [-0.2, 0) is 4.79 Å². The van der Waals surface area contributed by atoms with Crippen molar-refractivity contribution in [1.29, 1.82) is 0 Å². The fraction of sp³-hybridized carbons (Fsp3) is 0.429. The largest absolute Gasteiger partial charge is 0.341 e. The summed E-state index contributed by atoms with van der Waals surface area (Å²) in [5, 5.41) is 5.75. The first kappa shape index (κ1) is 14.7. The summed E-state index contributed by atoms with van der Waals surface area (Å²) in [5.41, 5.74) is 0.598. The van der Waals surface area contributed by atoms with Crippen LogP contribution in [0, 0.1) is 0 Å². The van der Waals surface area contributed by atoms with E-state index in [0.717, 1.165) is 25.9 Å². The van der Waals surface area contributed by atoms with Gasteiger partial charge >= 0.3 is 6.03 Å². The van der Waals surface area contributed by atoms with E-state index in [1.807, 2.05) is 0 Å². The predicted octanol–water partition coefficient (Wildman–Crippen LogP) is 2.47. The third-order valence-corrected chi connectivity index (χ3v) is 3.43. The van der Waals surface area contributed by atoms with Crippen LogP contribution in [0.5, 0.6) is 0 Å². The topological polar surface area (TPSA) is 61.4 Å². The van der Waals surface area contributed by atoms with Crippen LogP contribution in [-0.4, -0.2) is 36.5 Å². The summed E-state index contributed by atoms with van der Waals surface area (Å²) in [6.07, 6.45) is 3.26. The molecule has 5 nitrogen and oxygen atoms in total. The first-order valence-electron chi connectivity index (χ1n) is 6.73. The summed E-state index contributed by atoms with van der Waals surface area (Å²) in [6.45, 7) is 1.60. The van der Waals surface area contributed by atoms with E-state index in [2.05, 4.69) is 10.6 Å². The van der Waals surface area contributed by atoms with Crippen LogP contribution in [0.25, 0.3) is 0 Å². The lowest BCUT2D eigenvalue weighted by Gasteiger charge is -2.26. The Morgan fingerprint density at radius 1 is 1.20 bits per heavy atom. The highest BCUT2D eigenvalue weighted by Gasteiger charge is 2.16. The van der Waals surface area contributed by atoms with Crippen molar-refractivity contribution in [2.45, 2.75) is 19.3 Å². The highest BCUT2D eigenvalue weighted by Crippen LogP contribution is 2.14. The number of piperidine rings is 1. The molecule has 0 unspecified atom stereocenters. The quantitative estimate of drug-likeness (QED) is 0.900. The summed E-state index contributed by atoms with van der Waals surface area (Å²) in [7, 11) is 0. The van der Waals surface area contributed by atoms with Crippen molar-refractivity contribution in [2.75, 3.05) is 25.0 Å². The first-order chi connectivity index (χ1) is 9.65. The Morgan fingerprint density at radius 3 is 2.65 bits per heavy atom. The van der Waals surface area contributed by atoms with Crippen molar-refractivity contribution >= 4 is 29.2 Å². The van der Waals surface area contributed by atoms with Crippen LogP contribution < -0.4 is 10.6 Å². The second kappa shape index (κ2) is 7.14. The van der Waals surface area contributed by atoms with Gasteiger partial charge in [0.25, 0.3) is 0 Å². The molecule has 0 bridgehead atoms. The Morgan fingerprint density at radius 2 is 1.95 bits per heavy atom. The maximum atomic E-state index is 11.9.